The Morgan fingerprint density at radius 2 is 1.86 bits per heavy atom. The number of para-hydroxylation sites is 1. The molecular formula is C29H28N6O2. The molecule has 4 aromatic rings. The summed E-state index contributed by atoms with van der Waals surface area (Å²) in [6, 6.07) is 23.7. The summed E-state index contributed by atoms with van der Waals surface area (Å²) in [4.78, 5) is 24.0. The van der Waals surface area contributed by atoms with Crippen LogP contribution in [0.25, 0.3) is 22.0 Å². The van der Waals surface area contributed by atoms with Gasteiger partial charge in [-0.2, -0.15) is 5.26 Å². The number of hydrogen-bond donors (Lipinski definition) is 2. The Hall–Kier alpha value is -4.32. The number of carbonyl (C=O) groups excluding carboxylic acids is 1. The van der Waals surface area contributed by atoms with Gasteiger partial charge in [-0.25, -0.2) is 9.97 Å². The monoisotopic (exact) mass is 492 g/mol. The molecule has 186 valence electrons. The van der Waals surface area contributed by atoms with E-state index in [-0.39, 0.29) is 12.3 Å². The van der Waals surface area contributed by atoms with Crippen LogP contribution in [0.2, 0.25) is 0 Å². The van der Waals surface area contributed by atoms with Gasteiger partial charge in [0.15, 0.2) is 0 Å². The van der Waals surface area contributed by atoms with Crippen molar-refractivity contribution >= 4 is 28.4 Å². The molecule has 0 aliphatic carbocycles. The van der Waals surface area contributed by atoms with Crippen LogP contribution >= 0.6 is 0 Å². The van der Waals surface area contributed by atoms with Gasteiger partial charge in [0.1, 0.15) is 0 Å². The molecule has 1 fully saturated rings. The zero-order chi connectivity index (χ0) is 25.5. The number of nitriles is 1. The normalized spacial score (nSPS) is 13.7. The van der Waals surface area contributed by atoms with E-state index in [4.69, 9.17) is 15.0 Å². The maximum atomic E-state index is 12.3. The van der Waals surface area contributed by atoms with Crippen LogP contribution in [0, 0.1) is 11.3 Å². The number of nitrogens with one attached hydrogen (secondary N) is 2. The third-order valence-electron chi connectivity index (χ3n) is 6.28. The SMILES string of the molecule is N#CCCNC(=O)c1ccc(-c2cccc3cnc(Nc4cccc(CN5CCOCC5)c4)nc23)cc1. The van der Waals surface area contributed by atoms with Gasteiger partial charge in [-0.05, 0) is 35.4 Å². The molecule has 1 aliphatic heterocycles. The third-order valence-corrected chi connectivity index (χ3v) is 6.28. The quantitative estimate of drug-likeness (QED) is 0.349. The number of nitrogens with zero attached hydrogens (tertiary/aromatic N) is 4. The average molecular weight is 493 g/mol. The largest absolute Gasteiger partial charge is 0.379 e. The molecule has 8 nitrogen and oxygen atoms in total. The van der Waals surface area contributed by atoms with Crippen molar-refractivity contribution in [3.8, 4) is 17.2 Å². The van der Waals surface area contributed by atoms with Crippen LogP contribution in [0.1, 0.15) is 22.3 Å². The minimum absolute atomic E-state index is 0.190. The summed E-state index contributed by atoms with van der Waals surface area (Å²) in [5.41, 5.74) is 5.46. The van der Waals surface area contributed by atoms with Gasteiger partial charge >= 0.3 is 0 Å². The Balaban J connectivity index is 1.35. The Labute approximate surface area is 215 Å². The molecule has 0 atom stereocenters. The second kappa shape index (κ2) is 11.6. The van der Waals surface area contributed by atoms with Gasteiger partial charge in [0.25, 0.3) is 5.91 Å². The van der Waals surface area contributed by atoms with Crippen molar-refractivity contribution in [2.45, 2.75) is 13.0 Å². The van der Waals surface area contributed by atoms with Crippen molar-refractivity contribution < 1.29 is 9.53 Å². The summed E-state index contributed by atoms with van der Waals surface area (Å²) in [5, 5.41) is 15.7. The second-order valence-electron chi connectivity index (χ2n) is 8.89. The molecular weight excluding hydrogens is 464 g/mol. The van der Waals surface area contributed by atoms with Crippen LogP contribution in [-0.4, -0.2) is 53.6 Å². The van der Waals surface area contributed by atoms with Gasteiger partial charge in [0, 0.05) is 54.6 Å². The molecule has 1 aliphatic rings. The lowest BCUT2D eigenvalue weighted by molar-refractivity contribution is 0.0342. The first-order valence-electron chi connectivity index (χ1n) is 12.4. The Morgan fingerprint density at radius 3 is 2.68 bits per heavy atom. The highest BCUT2D eigenvalue weighted by Crippen LogP contribution is 2.28. The molecule has 0 unspecified atom stereocenters. The molecule has 2 heterocycles. The lowest BCUT2D eigenvalue weighted by Gasteiger charge is -2.26. The molecule has 0 spiro atoms. The number of benzene rings is 3. The van der Waals surface area contributed by atoms with Crippen molar-refractivity contribution in [2.75, 3.05) is 38.2 Å². The third kappa shape index (κ3) is 6.09. The van der Waals surface area contributed by atoms with E-state index in [1.165, 1.54) is 5.56 Å². The van der Waals surface area contributed by atoms with Gasteiger partial charge < -0.3 is 15.4 Å². The Kier molecular flexibility index (Phi) is 7.65. The van der Waals surface area contributed by atoms with Crippen molar-refractivity contribution in [3.05, 3.63) is 84.1 Å². The highest BCUT2D eigenvalue weighted by atomic mass is 16.5. The Morgan fingerprint density at radius 1 is 1.05 bits per heavy atom. The number of morpholine rings is 1. The molecule has 8 heteroatoms. The summed E-state index contributed by atoms with van der Waals surface area (Å²) in [5.74, 6) is 0.335. The van der Waals surface area contributed by atoms with E-state index in [1.807, 2.05) is 54.7 Å². The highest BCUT2D eigenvalue weighted by molar-refractivity contribution is 5.97. The van der Waals surface area contributed by atoms with E-state index >= 15 is 0 Å². The fourth-order valence-electron chi connectivity index (χ4n) is 4.38. The predicted molar refractivity (Wildman–Crippen MR) is 143 cm³/mol. The molecule has 0 saturated carbocycles. The summed E-state index contributed by atoms with van der Waals surface area (Å²) >= 11 is 0. The van der Waals surface area contributed by atoms with Gasteiger partial charge in [0.2, 0.25) is 5.95 Å². The zero-order valence-corrected chi connectivity index (χ0v) is 20.5. The zero-order valence-electron chi connectivity index (χ0n) is 20.5. The van der Waals surface area contributed by atoms with Gasteiger partial charge in [0.05, 0.1) is 31.2 Å². The van der Waals surface area contributed by atoms with Gasteiger partial charge in [-0.3, -0.25) is 9.69 Å². The number of fused-ring (bicyclic) bond motifs is 1. The highest BCUT2D eigenvalue weighted by Gasteiger charge is 2.12. The minimum Gasteiger partial charge on any atom is -0.379 e. The maximum absolute atomic E-state index is 12.3. The van der Waals surface area contributed by atoms with Crippen LogP contribution in [0.4, 0.5) is 11.6 Å². The molecule has 5 rings (SSSR count). The first-order chi connectivity index (χ1) is 18.2. The van der Waals surface area contributed by atoms with Crippen LogP contribution in [0.5, 0.6) is 0 Å². The first kappa shape index (κ1) is 24.4. The van der Waals surface area contributed by atoms with Crippen molar-refractivity contribution in [3.63, 3.8) is 0 Å². The van der Waals surface area contributed by atoms with E-state index in [1.54, 1.807) is 12.1 Å². The van der Waals surface area contributed by atoms with Crippen molar-refractivity contribution in [1.82, 2.24) is 20.2 Å². The second-order valence-corrected chi connectivity index (χ2v) is 8.89. The summed E-state index contributed by atoms with van der Waals surface area (Å²) in [6.45, 7) is 4.67. The number of amides is 1. The molecule has 2 N–H and O–H groups in total. The van der Waals surface area contributed by atoms with Crippen molar-refractivity contribution in [2.24, 2.45) is 0 Å². The maximum Gasteiger partial charge on any atom is 0.251 e. The van der Waals surface area contributed by atoms with E-state index < -0.39 is 0 Å². The van der Waals surface area contributed by atoms with Crippen LogP contribution in [-0.2, 0) is 11.3 Å². The molecule has 3 aromatic carbocycles. The van der Waals surface area contributed by atoms with E-state index in [9.17, 15) is 4.79 Å². The van der Waals surface area contributed by atoms with E-state index in [0.29, 0.717) is 18.1 Å². The number of rotatable bonds is 8. The summed E-state index contributed by atoms with van der Waals surface area (Å²) in [7, 11) is 0. The molecule has 0 bridgehead atoms. The smallest absolute Gasteiger partial charge is 0.251 e. The summed E-state index contributed by atoms with van der Waals surface area (Å²) < 4.78 is 5.45. The predicted octanol–water partition coefficient (Wildman–Crippen LogP) is 4.52. The average Bonchev–Trinajstić information content (AvgIpc) is 2.94. The standard InChI is InChI=1S/C29H28N6O2/c30-12-3-13-31-28(36)23-10-8-22(9-11-23)26-7-2-5-24-19-32-29(34-27(24)26)33-25-6-1-4-21(18-25)20-35-14-16-37-17-15-35/h1-2,4-11,18-19H,3,13-17,20H2,(H,31,36)(H,32,33,34). The molecule has 1 amide bonds. The number of ether oxygens (including phenoxy) is 1. The number of carbonyl (C=O) groups is 1. The molecule has 0 radical (unpaired) electrons. The van der Waals surface area contributed by atoms with Crippen molar-refractivity contribution in [1.29, 1.82) is 5.26 Å². The Bertz CT molecular complexity index is 1420. The first-order valence-corrected chi connectivity index (χ1v) is 12.4. The fraction of sp³-hybridized carbons (Fsp3) is 0.241. The van der Waals surface area contributed by atoms with Crippen LogP contribution in [0.3, 0.4) is 0 Å². The van der Waals surface area contributed by atoms with E-state index in [2.05, 4.69) is 32.7 Å². The fourth-order valence-corrected chi connectivity index (χ4v) is 4.38. The summed E-state index contributed by atoms with van der Waals surface area (Å²) in [6.07, 6.45) is 2.11. The lowest BCUT2D eigenvalue weighted by Crippen LogP contribution is -2.35. The van der Waals surface area contributed by atoms with Crippen LogP contribution < -0.4 is 10.6 Å². The minimum atomic E-state index is -0.190. The van der Waals surface area contributed by atoms with E-state index in [0.717, 1.165) is 60.6 Å². The number of anilines is 2. The molecule has 1 saturated heterocycles. The topological polar surface area (TPSA) is 103 Å². The van der Waals surface area contributed by atoms with Crippen LogP contribution in [0.15, 0.2) is 72.9 Å². The lowest BCUT2D eigenvalue weighted by atomic mass is 10.0. The van der Waals surface area contributed by atoms with Gasteiger partial charge in [-0.15, -0.1) is 0 Å². The van der Waals surface area contributed by atoms with Gasteiger partial charge in [-0.1, -0.05) is 42.5 Å². The molecule has 1 aromatic heterocycles. The number of hydrogen-bond acceptors (Lipinski definition) is 7. The molecule has 37 heavy (non-hydrogen) atoms. The number of aromatic nitrogens is 2.